The molecule has 0 spiro atoms. The Morgan fingerprint density at radius 3 is 2.76 bits per heavy atom. The molecule has 0 aromatic carbocycles. The fraction of sp³-hybridized carbons (Fsp3) is 0.812. The highest BCUT2D eigenvalue weighted by Gasteiger charge is 2.16. The lowest BCUT2D eigenvalue weighted by Crippen LogP contribution is -2.21. The second-order valence-corrected chi connectivity index (χ2v) is 8.47. The van der Waals surface area contributed by atoms with Crippen LogP contribution >= 0.6 is 23.1 Å². The molecule has 0 unspecified atom stereocenters. The van der Waals surface area contributed by atoms with E-state index in [0.717, 1.165) is 23.2 Å². The highest BCUT2D eigenvalue weighted by Crippen LogP contribution is 2.32. The number of aromatic nitrogens is 1. The summed E-state index contributed by atoms with van der Waals surface area (Å²) in [4.78, 5) is 6.13. The first-order chi connectivity index (χ1) is 10.2. The van der Waals surface area contributed by atoms with Crippen molar-refractivity contribution in [1.82, 2.24) is 10.3 Å². The van der Waals surface area contributed by atoms with Gasteiger partial charge in [-0.15, -0.1) is 11.3 Å². The molecule has 1 aromatic heterocycles. The summed E-state index contributed by atoms with van der Waals surface area (Å²) in [7, 11) is 1.75. The topological polar surface area (TPSA) is 34.1 Å². The highest BCUT2D eigenvalue weighted by atomic mass is 32.2. The minimum atomic E-state index is 0.502. The molecule has 0 radical (unpaired) electrons. The maximum atomic E-state index is 5.29. The zero-order valence-electron chi connectivity index (χ0n) is 13.5. The number of hydrogen-bond acceptors (Lipinski definition) is 5. The maximum Gasteiger partial charge on any atom is 0.103 e. The lowest BCUT2D eigenvalue weighted by Gasteiger charge is -2.20. The van der Waals surface area contributed by atoms with Crippen molar-refractivity contribution >= 4 is 23.1 Å². The summed E-state index contributed by atoms with van der Waals surface area (Å²) in [6.45, 7) is 5.88. The number of ether oxygens (including phenoxy) is 1. The van der Waals surface area contributed by atoms with Gasteiger partial charge >= 0.3 is 0 Å². The van der Waals surface area contributed by atoms with Gasteiger partial charge in [0.1, 0.15) is 5.01 Å². The third kappa shape index (κ3) is 5.89. The van der Waals surface area contributed by atoms with Crippen LogP contribution in [0.5, 0.6) is 0 Å². The van der Waals surface area contributed by atoms with Crippen LogP contribution in [-0.2, 0) is 23.6 Å². The Morgan fingerprint density at radius 1 is 1.33 bits per heavy atom. The molecule has 1 fully saturated rings. The quantitative estimate of drug-likeness (QED) is 0.769. The summed E-state index contributed by atoms with van der Waals surface area (Å²) in [5, 5.41) is 5.60. The molecular weight excluding hydrogens is 300 g/mol. The van der Waals surface area contributed by atoms with Gasteiger partial charge in [-0.05, 0) is 12.8 Å². The molecule has 1 aliphatic rings. The Morgan fingerprint density at radius 2 is 2.10 bits per heavy atom. The van der Waals surface area contributed by atoms with Crippen LogP contribution in [-0.4, -0.2) is 23.4 Å². The van der Waals surface area contributed by atoms with E-state index < -0.39 is 0 Å². The van der Waals surface area contributed by atoms with Gasteiger partial charge in [-0.3, -0.25) is 0 Å². The van der Waals surface area contributed by atoms with Crippen molar-refractivity contribution in [2.45, 2.75) is 76.1 Å². The molecule has 21 heavy (non-hydrogen) atoms. The fourth-order valence-corrected chi connectivity index (χ4v) is 4.97. The van der Waals surface area contributed by atoms with Gasteiger partial charge in [0.15, 0.2) is 0 Å². The van der Waals surface area contributed by atoms with Crippen LogP contribution in [0.3, 0.4) is 0 Å². The van der Waals surface area contributed by atoms with Gasteiger partial charge in [0.2, 0.25) is 0 Å². The molecule has 0 saturated heterocycles. The SMILES string of the molecule is COCc1nc(CSC2CCCCC2)sc1CNC(C)C. The predicted octanol–water partition coefficient (Wildman–Crippen LogP) is 4.35. The first-order valence-electron chi connectivity index (χ1n) is 8.00. The Balaban J connectivity index is 1.90. The van der Waals surface area contributed by atoms with E-state index in [1.54, 1.807) is 7.11 Å². The molecule has 0 aliphatic heterocycles. The summed E-state index contributed by atoms with van der Waals surface area (Å²) in [6, 6.07) is 0.502. The van der Waals surface area contributed by atoms with Crippen molar-refractivity contribution in [1.29, 1.82) is 0 Å². The van der Waals surface area contributed by atoms with E-state index in [0.29, 0.717) is 12.6 Å². The average molecular weight is 329 g/mol. The molecule has 0 atom stereocenters. The van der Waals surface area contributed by atoms with Gasteiger partial charge in [-0.25, -0.2) is 4.98 Å². The lowest BCUT2D eigenvalue weighted by atomic mass is 10.0. The van der Waals surface area contributed by atoms with E-state index >= 15 is 0 Å². The van der Waals surface area contributed by atoms with Crippen molar-refractivity contribution in [2.75, 3.05) is 7.11 Å². The first-order valence-corrected chi connectivity index (χ1v) is 9.87. The molecule has 1 saturated carbocycles. The molecule has 0 bridgehead atoms. The summed E-state index contributed by atoms with van der Waals surface area (Å²) >= 11 is 3.96. The Labute approximate surface area is 137 Å². The van der Waals surface area contributed by atoms with E-state index in [-0.39, 0.29) is 0 Å². The van der Waals surface area contributed by atoms with E-state index in [2.05, 4.69) is 30.9 Å². The van der Waals surface area contributed by atoms with Crippen LogP contribution in [0.2, 0.25) is 0 Å². The average Bonchev–Trinajstić information content (AvgIpc) is 2.87. The van der Waals surface area contributed by atoms with Crippen LogP contribution in [0.25, 0.3) is 0 Å². The molecule has 5 heteroatoms. The first kappa shape index (κ1) is 17.3. The monoisotopic (exact) mass is 328 g/mol. The maximum absolute atomic E-state index is 5.29. The van der Waals surface area contributed by atoms with Gasteiger partial charge in [-0.2, -0.15) is 11.8 Å². The molecule has 0 amide bonds. The van der Waals surface area contributed by atoms with E-state index in [1.807, 2.05) is 11.3 Å². The Hall–Kier alpha value is -0.100. The lowest BCUT2D eigenvalue weighted by molar-refractivity contribution is 0.181. The van der Waals surface area contributed by atoms with Crippen LogP contribution < -0.4 is 5.32 Å². The minimum Gasteiger partial charge on any atom is -0.378 e. The smallest absolute Gasteiger partial charge is 0.103 e. The van der Waals surface area contributed by atoms with Gasteiger partial charge in [-0.1, -0.05) is 33.1 Å². The number of thioether (sulfide) groups is 1. The van der Waals surface area contributed by atoms with E-state index in [4.69, 9.17) is 9.72 Å². The van der Waals surface area contributed by atoms with Crippen LogP contribution in [0.1, 0.15) is 61.5 Å². The van der Waals surface area contributed by atoms with E-state index in [9.17, 15) is 0 Å². The zero-order valence-corrected chi connectivity index (χ0v) is 15.1. The molecule has 120 valence electrons. The van der Waals surface area contributed by atoms with Crippen molar-refractivity contribution in [3.05, 3.63) is 15.6 Å². The van der Waals surface area contributed by atoms with Gasteiger partial charge in [0.05, 0.1) is 12.3 Å². The molecule has 2 rings (SSSR count). The largest absolute Gasteiger partial charge is 0.378 e. The van der Waals surface area contributed by atoms with E-state index in [1.165, 1.54) is 42.0 Å². The second kappa shape index (κ2) is 9.13. The second-order valence-electron chi connectivity index (χ2n) is 6.02. The number of rotatable bonds is 8. The van der Waals surface area contributed by atoms with Crippen LogP contribution in [0.15, 0.2) is 0 Å². The molecule has 1 aliphatic carbocycles. The summed E-state index contributed by atoms with van der Waals surface area (Å²) in [5.41, 5.74) is 1.12. The Bertz CT molecular complexity index is 414. The number of nitrogens with one attached hydrogen (secondary N) is 1. The van der Waals surface area contributed by atoms with Gasteiger partial charge in [0.25, 0.3) is 0 Å². The fourth-order valence-electron chi connectivity index (χ4n) is 2.60. The zero-order chi connectivity index (χ0) is 15.1. The third-order valence-electron chi connectivity index (χ3n) is 3.77. The molecule has 1 heterocycles. The van der Waals surface area contributed by atoms with Gasteiger partial charge in [0, 0.05) is 35.6 Å². The van der Waals surface area contributed by atoms with Crippen LogP contribution in [0, 0.1) is 0 Å². The van der Waals surface area contributed by atoms with Crippen molar-refractivity contribution in [2.24, 2.45) is 0 Å². The summed E-state index contributed by atoms with van der Waals surface area (Å²) < 4.78 is 5.29. The minimum absolute atomic E-state index is 0.502. The van der Waals surface area contributed by atoms with Crippen molar-refractivity contribution in [3.63, 3.8) is 0 Å². The number of thiazole rings is 1. The Kier molecular flexibility index (Phi) is 7.50. The molecular formula is C16H28N2OS2. The number of nitrogens with zero attached hydrogens (tertiary/aromatic N) is 1. The summed E-state index contributed by atoms with van der Waals surface area (Å²) in [6.07, 6.45) is 7.03. The normalized spacial score (nSPS) is 16.8. The van der Waals surface area contributed by atoms with Gasteiger partial charge < -0.3 is 10.1 Å². The third-order valence-corrected chi connectivity index (χ3v) is 6.43. The number of hydrogen-bond donors (Lipinski definition) is 1. The predicted molar refractivity (Wildman–Crippen MR) is 93.0 cm³/mol. The molecule has 1 aromatic rings. The highest BCUT2D eigenvalue weighted by molar-refractivity contribution is 7.99. The van der Waals surface area contributed by atoms with Crippen LogP contribution in [0.4, 0.5) is 0 Å². The standard InChI is InChI=1S/C16H28N2OS2/c1-12(2)17-9-15-14(10-19-3)18-16(21-15)11-20-13-7-5-4-6-8-13/h12-13,17H,4-11H2,1-3H3. The molecule has 1 N–H and O–H groups in total. The van der Waals surface area contributed by atoms with Crippen molar-refractivity contribution in [3.8, 4) is 0 Å². The summed E-state index contributed by atoms with van der Waals surface area (Å²) in [5.74, 6) is 1.06. The van der Waals surface area contributed by atoms with Crippen molar-refractivity contribution < 1.29 is 4.74 Å². The molecule has 3 nitrogen and oxygen atoms in total. The number of methoxy groups -OCH3 is 1.